The molecule has 0 saturated carbocycles. The Morgan fingerprint density at radius 1 is 1.62 bits per heavy atom. The van der Waals surface area contributed by atoms with Crippen molar-refractivity contribution in [2.24, 2.45) is 12.8 Å². The molecule has 7 nitrogen and oxygen atoms in total. The summed E-state index contributed by atoms with van der Waals surface area (Å²) >= 11 is 0. The first-order chi connectivity index (χ1) is 6.16. The van der Waals surface area contributed by atoms with Crippen LogP contribution in [0.1, 0.15) is 6.42 Å². The number of rotatable bonds is 1. The van der Waals surface area contributed by atoms with Crippen molar-refractivity contribution in [3.05, 3.63) is 0 Å². The predicted molar refractivity (Wildman–Crippen MR) is 43.7 cm³/mol. The van der Waals surface area contributed by atoms with Crippen LogP contribution in [0.5, 0.6) is 0 Å². The first-order valence-corrected chi connectivity index (χ1v) is 3.97. The number of aryl methyl sites for hydroxylation is 1. The Labute approximate surface area is 74.5 Å². The average Bonchev–Trinajstić information content (AvgIpc) is 2.58. The van der Waals surface area contributed by atoms with E-state index in [-0.39, 0.29) is 11.9 Å². The molecular formula is C6H10N6O. The fourth-order valence-corrected chi connectivity index (χ4v) is 1.31. The number of aromatic nitrogens is 4. The summed E-state index contributed by atoms with van der Waals surface area (Å²) in [4.78, 5) is 14.1. The van der Waals surface area contributed by atoms with Gasteiger partial charge in [-0.1, -0.05) is 5.10 Å². The molecule has 1 unspecified atom stereocenters. The molecule has 2 N–H and O–H groups in total. The van der Waals surface area contributed by atoms with E-state index in [1.807, 2.05) is 0 Å². The summed E-state index contributed by atoms with van der Waals surface area (Å²) in [5.74, 6) is 0.293. The van der Waals surface area contributed by atoms with Gasteiger partial charge in [-0.05, 0) is 5.21 Å². The molecule has 13 heavy (non-hydrogen) atoms. The molecule has 0 radical (unpaired) electrons. The first kappa shape index (κ1) is 8.11. The average molecular weight is 182 g/mol. The quantitative estimate of drug-likeness (QED) is 0.557. The second-order valence-electron chi connectivity index (χ2n) is 3.05. The zero-order valence-electron chi connectivity index (χ0n) is 7.21. The molecule has 0 aliphatic carbocycles. The zero-order chi connectivity index (χ0) is 9.42. The molecule has 1 aromatic heterocycles. The van der Waals surface area contributed by atoms with Gasteiger partial charge in [-0.15, -0.1) is 5.10 Å². The topological polar surface area (TPSA) is 89.9 Å². The Morgan fingerprint density at radius 2 is 2.38 bits per heavy atom. The molecule has 0 aromatic carbocycles. The Bertz CT molecular complexity index is 334. The van der Waals surface area contributed by atoms with E-state index < -0.39 is 0 Å². The number of carbonyl (C=O) groups excluding carboxylic acids is 1. The molecule has 1 fully saturated rings. The van der Waals surface area contributed by atoms with Gasteiger partial charge < -0.3 is 5.73 Å². The van der Waals surface area contributed by atoms with E-state index in [4.69, 9.17) is 5.73 Å². The number of hydrogen-bond acceptors (Lipinski definition) is 5. The highest BCUT2D eigenvalue weighted by molar-refractivity contribution is 5.94. The first-order valence-electron chi connectivity index (χ1n) is 3.97. The lowest BCUT2D eigenvalue weighted by Gasteiger charge is -2.08. The van der Waals surface area contributed by atoms with Crippen LogP contribution in [-0.2, 0) is 11.8 Å². The maximum Gasteiger partial charge on any atom is 0.272 e. The van der Waals surface area contributed by atoms with E-state index in [1.54, 1.807) is 7.05 Å². The van der Waals surface area contributed by atoms with Crippen molar-refractivity contribution < 1.29 is 4.79 Å². The van der Waals surface area contributed by atoms with Gasteiger partial charge in [0.05, 0.1) is 7.05 Å². The van der Waals surface area contributed by atoms with Crippen LogP contribution < -0.4 is 10.6 Å². The highest BCUT2D eigenvalue weighted by Crippen LogP contribution is 2.14. The van der Waals surface area contributed by atoms with Crippen molar-refractivity contribution in [3.63, 3.8) is 0 Å². The molecule has 1 aromatic rings. The van der Waals surface area contributed by atoms with E-state index in [2.05, 4.69) is 15.4 Å². The zero-order valence-corrected chi connectivity index (χ0v) is 7.21. The van der Waals surface area contributed by atoms with Crippen molar-refractivity contribution >= 4 is 11.9 Å². The number of nitrogens with two attached hydrogens (primary N) is 1. The maximum atomic E-state index is 11.3. The van der Waals surface area contributed by atoms with Gasteiger partial charge >= 0.3 is 0 Å². The molecule has 70 valence electrons. The van der Waals surface area contributed by atoms with Crippen LogP contribution in [-0.4, -0.2) is 38.7 Å². The minimum atomic E-state index is -0.115. The second-order valence-corrected chi connectivity index (χ2v) is 3.05. The van der Waals surface area contributed by atoms with Crippen LogP contribution in [0.15, 0.2) is 0 Å². The number of anilines is 1. The lowest BCUT2D eigenvalue weighted by molar-refractivity contribution is -0.117. The predicted octanol–water partition coefficient (Wildman–Crippen LogP) is -1.73. The van der Waals surface area contributed by atoms with Crippen LogP contribution in [0.3, 0.4) is 0 Å². The van der Waals surface area contributed by atoms with Crippen molar-refractivity contribution in [1.82, 2.24) is 20.2 Å². The number of carbonyl (C=O) groups is 1. The lowest BCUT2D eigenvalue weighted by Crippen LogP contribution is -2.28. The SMILES string of the molecule is Cn1nnc(N2CC(N)CC2=O)n1. The van der Waals surface area contributed by atoms with Crippen LogP contribution in [0, 0.1) is 0 Å². The van der Waals surface area contributed by atoms with Crippen LogP contribution in [0.4, 0.5) is 5.95 Å². The lowest BCUT2D eigenvalue weighted by atomic mass is 10.3. The summed E-state index contributed by atoms with van der Waals surface area (Å²) in [6.45, 7) is 0.477. The van der Waals surface area contributed by atoms with Crippen LogP contribution in [0.25, 0.3) is 0 Å². The summed E-state index contributed by atoms with van der Waals surface area (Å²) in [7, 11) is 1.65. The van der Waals surface area contributed by atoms with Gasteiger partial charge in [-0.2, -0.15) is 4.80 Å². The van der Waals surface area contributed by atoms with E-state index in [1.165, 1.54) is 9.70 Å². The molecule has 1 atom stereocenters. The monoisotopic (exact) mass is 182 g/mol. The third-order valence-electron chi connectivity index (χ3n) is 1.89. The van der Waals surface area contributed by atoms with Gasteiger partial charge in [-0.25, -0.2) is 0 Å². The standard InChI is InChI=1S/C6H10N6O/c1-11-9-6(8-10-11)12-3-4(7)2-5(12)13/h4H,2-3,7H2,1H3. The Morgan fingerprint density at radius 3 is 2.85 bits per heavy atom. The van der Waals surface area contributed by atoms with Crippen molar-refractivity contribution in [2.75, 3.05) is 11.4 Å². The largest absolute Gasteiger partial charge is 0.326 e. The summed E-state index contributed by atoms with van der Waals surface area (Å²) in [5.41, 5.74) is 5.61. The number of nitrogens with zero attached hydrogens (tertiary/aromatic N) is 5. The van der Waals surface area contributed by atoms with E-state index in [0.717, 1.165) is 0 Å². The Hall–Kier alpha value is -1.50. The summed E-state index contributed by atoms with van der Waals surface area (Å²) in [6, 6.07) is -0.115. The fraction of sp³-hybridized carbons (Fsp3) is 0.667. The third-order valence-corrected chi connectivity index (χ3v) is 1.89. The van der Waals surface area contributed by atoms with Crippen LogP contribution >= 0.6 is 0 Å². The number of amides is 1. The van der Waals surface area contributed by atoms with Crippen molar-refractivity contribution in [2.45, 2.75) is 12.5 Å². The smallest absolute Gasteiger partial charge is 0.272 e. The van der Waals surface area contributed by atoms with Gasteiger partial charge in [0, 0.05) is 19.0 Å². The molecule has 1 saturated heterocycles. The van der Waals surface area contributed by atoms with Gasteiger partial charge in [-0.3, -0.25) is 9.69 Å². The summed E-state index contributed by atoms with van der Waals surface area (Å²) in [5, 5.41) is 11.3. The highest BCUT2D eigenvalue weighted by atomic mass is 16.2. The third kappa shape index (κ3) is 1.37. The summed E-state index contributed by atoms with van der Waals surface area (Å²) in [6.07, 6.45) is 0.359. The second kappa shape index (κ2) is 2.77. The fourth-order valence-electron chi connectivity index (χ4n) is 1.31. The van der Waals surface area contributed by atoms with E-state index in [9.17, 15) is 4.79 Å². The van der Waals surface area contributed by atoms with Gasteiger partial charge in [0.2, 0.25) is 5.91 Å². The molecule has 0 bridgehead atoms. The minimum absolute atomic E-state index is 0.0412. The summed E-state index contributed by atoms with van der Waals surface area (Å²) < 4.78 is 0. The number of hydrogen-bond donors (Lipinski definition) is 1. The molecule has 2 heterocycles. The molecule has 1 aliphatic rings. The highest BCUT2D eigenvalue weighted by Gasteiger charge is 2.30. The molecular weight excluding hydrogens is 172 g/mol. The minimum Gasteiger partial charge on any atom is -0.326 e. The van der Waals surface area contributed by atoms with Gasteiger partial charge in [0.15, 0.2) is 0 Å². The molecule has 0 spiro atoms. The normalized spacial score (nSPS) is 22.8. The molecule has 7 heteroatoms. The van der Waals surface area contributed by atoms with Gasteiger partial charge in [0.1, 0.15) is 0 Å². The molecule has 1 aliphatic heterocycles. The Kier molecular flexibility index (Phi) is 1.73. The molecule has 1 amide bonds. The maximum absolute atomic E-state index is 11.3. The Balaban J connectivity index is 2.22. The van der Waals surface area contributed by atoms with Gasteiger partial charge in [0.25, 0.3) is 5.95 Å². The van der Waals surface area contributed by atoms with E-state index in [0.29, 0.717) is 18.9 Å². The van der Waals surface area contributed by atoms with Crippen molar-refractivity contribution in [3.8, 4) is 0 Å². The molecule has 2 rings (SSSR count). The van der Waals surface area contributed by atoms with Crippen LogP contribution in [0.2, 0.25) is 0 Å². The number of tetrazole rings is 1. The van der Waals surface area contributed by atoms with Crippen molar-refractivity contribution in [1.29, 1.82) is 0 Å². The van der Waals surface area contributed by atoms with E-state index >= 15 is 0 Å².